The second kappa shape index (κ2) is 16.6. The van der Waals surface area contributed by atoms with Gasteiger partial charge < -0.3 is 4.90 Å². The fraction of sp³-hybridized carbons (Fsp3) is 0.0476. The fourth-order valence-corrected chi connectivity index (χ4v) is 10.2. The number of rotatable bonds is 6. The number of aliphatic imine (C=N–C) groups is 1. The highest BCUT2D eigenvalue weighted by Crippen LogP contribution is 2.52. The first-order chi connectivity index (χ1) is 33.4. The predicted molar refractivity (Wildman–Crippen MR) is 285 cm³/mol. The largest absolute Gasteiger partial charge is 0.309 e. The lowest BCUT2D eigenvalue weighted by atomic mass is 9.82. The molecule has 0 unspecified atom stereocenters. The summed E-state index contributed by atoms with van der Waals surface area (Å²) in [6.45, 7) is 4.70. The van der Waals surface area contributed by atoms with Gasteiger partial charge in [0.05, 0.1) is 22.7 Å². The minimum Gasteiger partial charge on any atom is -0.309 e. The van der Waals surface area contributed by atoms with E-state index < -0.39 is 0 Å². The molecule has 0 saturated heterocycles. The number of nitrogens with one attached hydrogen (secondary N) is 2. The van der Waals surface area contributed by atoms with Crippen LogP contribution >= 0.6 is 0 Å². The van der Waals surface area contributed by atoms with Crippen molar-refractivity contribution < 1.29 is 0 Å². The highest BCUT2D eigenvalue weighted by molar-refractivity contribution is 6.11. The molecule has 0 radical (unpaired) electrons. The first kappa shape index (κ1) is 40.7. The molecule has 3 aliphatic rings. The normalized spacial score (nSPS) is 13.8. The van der Waals surface area contributed by atoms with E-state index in [2.05, 4.69) is 205 Å². The topological polar surface area (TPSA) is 54.7 Å². The quantitative estimate of drug-likeness (QED) is 0.129. The standard InChI is InChI=1S/C63H47N5/c1-63(2)55-24-14-13-23-53(55)54-34-33-52(41-56(54)63)67-57-35-30-46(42-16-6-3-7-17-42)38-49(57)28-29-50-39-47(31-36-58(50)67)48-32-37-60-51(40-48)27-26-43-18-12-15-25-59(43)68(60)66-62(45-21-10-5-11-22-45)65-61(64)44-19-8-4-9-20-44/h3-41H,1-2H3,(H2,64,65,66). The van der Waals surface area contributed by atoms with Gasteiger partial charge in [0.1, 0.15) is 0 Å². The van der Waals surface area contributed by atoms with Gasteiger partial charge in [-0.05, 0) is 110 Å². The first-order valence-electron chi connectivity index (χ1n) is 23.2. The summed E-state index contributed by atoms with van der Waals surface area (Å²) in [4.78, 5) is 7.37. The lowest BCUT2D eigenvalue weighted by molar-refractivity contribution is 0.660. The molecule has 9 aromatic rings. The van der Waals surface area contributed by atoms with E-state index in [1.165, 1.54) is 33.4 Å². The Morgan fingerprint density at radius 1 is 0.426 bits per heavy atom. The van der Waals surface area contributed by atoms with Crippen LogP contribution in [0.3, 0.4) is 0 Å². The average molecular weight is 874 g/mol. The van der Waals surface area contributed by atoms with Crippen molar-refractivity contribution >= 4 is 64.4 Å². The zero-order valence-electron chi connectivity index (χ0n) is 37.9. The van der Waals surface area contributed by atoms with Crippen molar-refractivity contribution in [2.24, 2.45) is 4.99 Å². The van der Waals surface area contributed by atoms with Crippen LogP contribution < -0.4 is 15.3 Å². The van der Waals surface area contributed by atoms with E-state index >= 15 is 0 Å². The Hall–Kier alpha value is -8.80. The van der Waals surface area contributed by atoms with Crippen LogP contribution in [0.1, 0.15) is 58.4 Å². The Balaban J connectivity index is 0.955. The fourth-order valence-electron chi connectivity index (χ4n) is 10.2. The summed E-state index contributed by atoms with van der Waals surface area (Å²) < 4.78 is 0. The second-order valence-corrected chi connectivity index (χ2v) is 18.1. The van der Waals surface area contributed by atoms with Crippen molar-refractivity contribution in [3.63, 3.8) is 0 Å². The molecule has 0 spiro atoms. The minimum absolute atomic E-state index is 0.133. The van der Waals surface area contributed by atoms with Crippen LogP contribution in [0.4, 0.5) is 28.4 Å². The van der Waals surface area contributed by atoms with Crippen LogP contribution in [-0.2, 0) is 5.41 Å². The first-order valence-corrected chi connectivity index (χ1v) is 23.2. The van der Waals surface area contributed by atoms with Crippen LogP contribution in [0.15, 0.2) is 217 Å². The molecule has 1 aliphatic carbocycles. The van der Waals surface area contributed by atoms with Gasteiger partial charge in [-0.3, -0.25) is 15.8 Å². The lowest BCUT2D eigenvalue weighted by Gasteiger charge is -2.30. The van der Waals surface area contributed by atoms with Crippen LogP contribution in [0.2, 0.25) is 0 Å². The number of para-hydroxylation sites is 1. The Kier molecular flexibility index (Phi) is 9.92. The summed E-state index contributed by atoms with van der Waals surface area (Å²) in [6.07, 6.45) is 8.94. The van der Waals surface area contributed by atoms with Gasteiger partial charge in [0.25, 0.3) is 0 Å². The van der Waals surface area contributed by atoms with Gasteiger partial charge in [0, 0.05) is 33.4 Å². The summed E-state index contributed by atoms with van der Waals surface area (Å²) in [7, 11) is 0. The number of nitrogens with zero attached hydrogens (tertiary/aromatic N) is 3. The molecule has 12 rings (SSSR count). The minimum atomic E-state index is -0.133. The van der Waals surface area contributed by atoms with E-state index in [1.807, 2.05) is 60.7 Å². The smallest absolute Gasteiger partial charge is 0.154 e. The molecule has 68 heavy (non-hydrogen) atoms. The second-order valence-electron chi connectivity index (χ2n) is 18.1. The molecular formula is C63H47N5. The van der Waals surface area contributed by atoms with Gasteiger partial charge in [0.15, 0.2) is 11.7 Å². The molecule has 2 heterocycles. The van der Waals surface area contributed by atoms with Crippen molar-refractivity contribution in [3.8, 4) is 33.4 Å². The molecule has 0 aromatic heterocycles. The van der Waals surface area contributed by atoms with Crippen LogP contribution in [-0.4, -0.2) is 11.7 Å². The Morgan fingerprint density at radius 2 is 0.926 bits per heavy atom. The van der Waals surface area contributed by atoms with Crippen molar-refractivity contribution in [2.45, 2.75) is 19.3 Å². The lowest BCUT2D eigenvalue weighted by Crippen LogP contribution is -2.40. The Labute approximate surface area is 397 Å². The van der Waals surface area contributed by atoms with Gasteiger partial charge >= 0.3 is 0 Å². The van der Waals surface area contributed by atoms with E-state index in [4.69, 9.17) is 10.4 Å². The molecule has 0 saturated carbocycles. The van der Waals surface area contributed by atoms with Crippen molar-refractivity contribution in [3.05, 3.63) is 257 Å². The summed E-state index contributed by atoms with van der Waals surface area (Å²) in [6, 6.07) is 75.0. The van der Waals surface area contributed by atoms with Crippen LogP contribution in [0.5, 0.6) is 0 Å². The molecule has 5 nitrogen and oxygen atoms in total. The summed E-state index contributed by atoms with van der Waals surface area (Å²) >= 11 is 0. The van der Waals surface area contributed by atoms with Crippen LogP contribution in [0, 0.1) is 5.41 Å². The summed E-state index contributed by atoms with van der Waals surface area (Å²) in [5.41, 5.74) is 24.9. The van der Waals surface area contributed by atoms with E-state index in [-0.39, 0.29) is 11.3 Å². The number of amidine groups is 2. The molecule has 2 aliphatic heterocycles. The zero-order chi connectivity index (χ0) is 45.8. The van der Waals surface area contributed by atoms with E-state index in [0.29, 0.717) is 5.84 Å². The molecule has 0 atom stereocenters. The van der Waals surface area contributed by atoms with Gasteiger partial charge in [-0.2, -0.15) is 0 Å². The number of hydrogen-bond acceptors (Lipinski definition) is 3. The molecule has 9 aromatic carbocycles. The monoisotopic (exact) mass is 873 g/mol. The third-order valence-electron chi connectivity index (χ3n) is 13.7. The van der Waals surface area contributed by atoms with Crippen LogP contribution in [0.25, 0.3) is 57.7 Å². The molecule has 5 heteroatoms. The van der Waals surface area contributed by atoms with E-state index in [1.54, 1.807) is 0 Å². The third-order valence-corrected chi connectivity index (χ3v) is 13.7. The van der Waals surface area contributed by atoms with Gasteiger partial charge in [-0.25, -0.2) is 4.99 Å². The number of anilines is 5. The molecule has 0 fully saturated rings. The molecule has 0 bridgehead atoms. The molecule has 0 amide bonds. The highest BCUT2D eigenvalue weighted by Gasteiger charge is 2.36. The van der Waals surface area contributed by atoms with Gasteiger partial charge in [-0.15, -0.1) is 0 Å². The maximum Gasteiger partial charge on any atom is 0.154 e. The van der Waals surface area contributed by atoms with Gasteiger partial charge in [-0.1, -0.05) is 196 Å². The number of benzene rings is 9. The van der Waals surface area contributed by atoms with E-state index in [9.17, 15) is 0 Å². The van der Waals surface area contributed by atoms with Crippen molar-refractivity contribution in [1.29, 1.82) is 5.41 Å². The number of hydrogen-bond donors (Lipinski definition) is 2. The number of fused-ring (bicyclic) bond motifs is 7. The molecule has 324 valence electrons. The maximum atomic E-state index is 9.01. The Bertz CT molecular complexity index is 3530. The number of hydrazine groups is 1. The SMILES string of the molecule is CC1(C)c2ccccc2-c2ccc(N3c4ccc(-c5ccccc5)cc4C=Cc4cc(-c5ccc6c(c5)C=Cc5ccccc5N6NC(=NC(=N)c5ccccc5)c5ccccc5)ccc43)cc21. The van der Waals surface area contributed by atoms with Crippen molar-refractivity contribution in [2.75, 3.05) is 9.91 Å². The highest BCUT2D eigenvalue weighted by atomic mass is 15.5. The maximum absolute atomic E-state index is 9.01. The molecular weight excluding hydrogens is 827 g/mol. The summed E-state index contributed by atoms with van der Waals surface area (Å²) in [5, 5.41) is 11.1. The predicted octanol–water partition coefficient (Wildman–Crippen LogP) is 15.9. The summed E-state index contributed by atoms with van der Waals surface area (Å²) in [5.74, 6) is 0.747. The van der Waals surface area contributed by atoms with Crippen molar-refractivity contribution in [1.82, 2.24) is 5.43 Å². The average Bonchev–Trinajstić information content (AvgIpc) is 3.49. The Morgan fingerprint density at radius 3 is 1.60 bits per heavy atom. The molecule has 2 N–H and O–H groups in total. The zero-order valence-corrected chi connectivity index (χ0v) is 37.9. The van der Waals surface area contributed by atoms with E-state index in [0.717, 1.165) is 72.9 Å². The van der Waals surface area contributed by atoms with Gasteiger partial charge in [0.2, 0.25) is 0 Å². The third kappa shape index (κ3) is 7.13.